The number of nitrogens with two attached hydrogens (primary N) is 1. The van der Waals surface area contributed by atoms with E-state index in [0.29, 0.717) is 17.3 Å². The van der Waals surface area contributed by atoms with Gasteiger partial charge in [-0.1, -0.05) is 36.7 Å². The Morgan fingerprint density at radius 3 is 2.62 bits per heavy atom. The molecule has 168 valence electrons. The van der Waals surface area contributed by atoms with Gasteiger partial charge in [-0.15, -0.1) is 0 Å². The number of aromatic nitrogens is 1. The number of nitrogens with one attached hydrogen (secondary N) is 1. The Balaban J connectivity index is 1.91. The fraction of sp³-hybridized carbons (Fsp3) is 0.250. The summed E-state index contributed by atoms with van der Waals surface area (Å²) >= 11 is 8.14. The van der Waals surface area contributed by atoms with Crippen molar-refractivity contribution >= 4 is 40.9 Å². The number of rotatable bonds is 10. The van der Waals surface area contributed by atoms with Crippen LogP contribution in [-0.4, -0.2) is 34.0 Å². The maximum atomic E-state index is 11.7. The standard InChI is InChI=1S/C24H27ClN4O2S/c1-3-29(32-19-5-4-10-28-14-19)15-18-11-16(6-8-21(18)25)20(13-24(30)31)17-7-9-23(27-2)22(26)12-17/h4-12,14,20,27H,3,13,15,26H2,1-2H3,(H,30,31). The Labute approximate surface area is 197 Å². The van der Waals surface area contributed by atoms with Crippen LogP contribution in [0.3, 0.4) is 0 Å². The van der Waals surface area contributed by atoms with Crippen molar-refractivity contribution in [1.82, 2.24) is 9.29 Å². The monoisotopic (exact) mass is 470 g/mol. The minimum atomic E-state index is -0.870. The van der Waals surface area contributed by atoms with E-state index < -0.39 is 5.97 Å². The average Bonchev–Trinajstić information content (AvgIpc) is 2.79. The molecule has 0 saturated heterocycles. The second kappa shape index (κ2) is 11.2. The number of nitrogen functional groups attached to an aromatic ring is 1. The lowest BCUT2D eigenvalue weighted by Gasteiger charge is -2.22. The quantitative estimate of drug-likeness (QED) is 0.266. The highest BCUT2D eigenvalue weighted by Crippen LogP contribution is 2.34. The van der Waals surface area contributed by atoms with Gasteiger partial charge in [0.05, 0.1) is 17.8 Å². The summed E-state index contributed by atoms with van der Waals surface area (Å²) in [6.45, 7) is 3.50. The van der Waals surface area contributed by atoms with Gasteiger partial charge in [0.1, 0.15) is 0 Å². The lowest BCUT2D eigenvalue weighted by molar-refractivity contribution is -0.137. The Kier molecular flexibility index (Phi) is 8.39. The summed E-state index contributed by atoms with van der Waals surface area (Å²) in [6, 6.07) is 15.3. The summed E-state index contributed by atoms with van der Waals surface area (Å²) < 4.78 is 2.19. The molecule has 1 atom stereocenters. The van der Waals surface area contributed by atoms with E-state index in [1.165, 1.54) is 0 Å². The predicted molar refractivity (Wildman–Crippen MR) is 132 cm³/mol. The molecule has 4 N–H and O–H groups in total. The Morgan fingerprint density at radius 1 is 1.25 bits per heavy atom. The number of carboxylic acids is 1. The molecule has 0 aliphatic heterocycles. The van der Waals surface area contributed by atoms with Gasteiger partial charge in [-0.05, 0) is 59.0 Å². The fourth-order valence-corrected chi connectivity index (χ4v) is 4.57. The summed E-state index contributed by atoms with van der Waals surface area (Å²) in [5.41, 5.74) is 10.2. The van der Waals surface area contributed by atoms with Crippen molar-refractivity contribution in [3.63, 3.8) is 0 Å². The first-order chi connectivity index (χ1) is 15.4. The van der Waals surface area contributed by atoms with E-state index in [9.17, 15) is 9.90 Å². The maximum Gasteiger partial charge on any atom is 0.304 e. The number of anilines is 2. The first-order valence-corrected chi connectivity index (χ1v) is 11.5. The van der Waals surface area contributed by atoms with Gasteiger partial charge in [-0.3, -0.25) is 9.78 Å². The zero-order chi connectivity index (χ0) is 23.1. The molecule has 1 heterocycles. The van der Waals surface area contributed by atoms with E-state index in [1.807, 2.05) is 54.7 Å². The molecule has 0 saturated carbocycles. The fourth-order valence-electron chi connectivity index (χ4n) is 3.51. The highest BCUT2D eigenvalue weighted by atomic mass is 35.5. The molecule has 3 rings (SSSR count). The SMILES string of the molecule is CCN(Cc1cc(C(CC(=O)O)c2ccc(NC)c(N)c2)ccc1Cl)Sc1cccnc1. The predicted octanol–water partition coefficient (Wildman–Crippen LogP) is 5.49. The number of carboxylic acid groups (broad SMARTS) is 1. The van der Waals surface area contributed by atoms with Crippen LogP contribution in [0.5, 0.6) is 0 Å². The van der Waals surface area contributed by atoms with Gasteiger partial charge in [0, 0.05) is 48.4 Å². The lowest BCUT2D eigenvalue weighted by atomic mass is 9.87. The molecule has 1 aromatic heterocycles. The molecular formula is C24H27ClN4O2S. The molecule has 8 heteroatoms. The third-order valence-corrected chi connectivity index (χ3v) is 6.63. The number of nitrogens with zero attached hydrogens (tertiary/aromatic N) is 2. The van der Waals surface area contributed by atoms with Gasteiger partial charge in [-0.2, -0.15) is 0 Å². The van der Waals surface area contributed by atoms with Gasteiger partial charge < -0.3 is 16.2 Å². The number of pyridine rings is 1. The Hall–Kier alpha value is -2.74. The molecule has 0 amide bonds. The largest absolute Gasteiger partial charge is 0.481 e. The van der Waals surface area contributed by atoms with Crippen molar-refractivity contribution in [1.29, 1.82) is 0 Å². The molecule has 0 radical (unpaired) electrons. The molecule has 0 fully saturated rings. The van der Waals surface area contributed by atoms with E-state index in [4.69, 9.17) is 17.3 Å². The number of carbonyl (C=O) groups is 1. The number of hydrogen-bond acceptors (Lipinski definition) is 6. The minimum absolute atomic E-state index is 0.0403. The first-order valence-electron chi connectivity index (χ1n) is 10.3. The third kappa shape index (κ3) is 6.16. The summed E-state index contributed by atoms with van der Waals surface area (Å²) in [5, 5.41) is 13.2. The topological polar surface area (TPSA) is 91.5 Å². The van der Waals surface area contributed by atoms with Crippen molar-refractivity contribution in [3.05, 3.63) is 82.6 Å². The van der Waals surface area contributed by atoms with Crippen LogP contribution in [0.2, 0.25) is 5.02 Å². The third-order valence-electron chi connectivity index (χ3n) is 5.17. The van der Waals surface area contributed by atoms with E-state index in [1.54, 1.807) is 25.2 Å². The van der Waals surface area contributed by atoms with Crippen LogP contribution in [0, 0.1) is 0 Å². The second-order valence-electron chi connectivity index (χ2n) is 7.33. The summed E-state index contributed by atoms with van der Waals surface area (Å²) in [6.07, 6.45) is 3.54. The zero-order valence-electron chi connectivity index (χ0n) is 18.1. The number of aliphatic carboxylic acids is 1. The van der Waals surface area contributed by atoms with Crippen molar-refractivity contribution in [2.45, 2.75) is 30.7 Å². The van der Waals surface area contributed by atoms with Crippen LogP contribution in [0.1, 0.15) is 36.0 Å². The van der Waals surface area contributed by atoms with E-state index in [2.05, 4.69) is 21.5 Å². The molecule has 0 aliphatic carbocycles. The molecule has 0 spiro atoms. The normalized spacial score (nSPS) is 12.0. The van der Waals surface area contributed by atoms with Crippen LogP contribution in [0.4, 0.5) is 11.4 Å². The van der Waals surface area contributed by atoms with E-state index >= 15 is 0 Å². The van der Waals surface area contributed by atoms with Crippen LogP contribution in [-0.2, 0) is 11.3 Å². The number of hydrogen-bond donors (Lipinski definition) is 3. The van der Waals surface area contributed by atoms with Gasteiger partial charge in [-0.25, -0.2) is 4.31 Å². The summed E-state index contributed by atoms with van der Waals surface area (Å²) in [4.78, 5) is 16.9. The molecule has 32 heavy (non-hydrogen) atoms. The summed E-state index contributed by atoms with van der Waals surface area (Å²) in [5.74, 6) is -1.21. The Morgan fingerprint density at radius 2 is 2.00 bits per heavy atom. The molecule has 3 aromatic rings. The lowest BCUT2D eigenvalue weighted by Crippen LogP contribution is -2.15. The maximum absolute atomic E-state index is 11.7. The van der Waals surface area contributed by atoms with Gasteiger partial charge in [0.25, 0.3) is 0 Å². The molecule has 1 unspecified atom stereocenters. The van der Waals surface area contributed by atoms with E-state index in [0.717, 1.165) is 33.8 Å². The number of halogens is 1. The minimum Gasteiger partial charge on any atom is -0.481 e. The van der Waals surface area contributed by atoms with Crippen molar-refractivity contribution < 1.29 is 9.90 Å². The molecule has 0 aliphatic rings. The van der Waals surface area contributed by atoms with Crippen LogP contribution >= 0.6 is 23.5 Å². The Bertz CT molecular complexity index is 1070. The van der Waals surface area contributed by atoms with Crippen LogP contribution in [0.25, 0.3) is 0 Å². The highest BCUT2D eigenvalue weighted by Gasteiger charge is 2.20. The van der Waals surface area contributed by atoms with Gasteiger partial charge >= 0.3 is 5.97 Å². The molecule has 2 aromatic carbocycles. The van der Waals surface area contributed by atoms with Crippen molar-refractivity contribution in [2.24, 2.45) is 0 Å². The van der Waals surface area contributed by atoms with Crippen LogP contribution < -0.4 is 11.1 Å². The second-order valence-corrected chi connectivity index (χ2v) is 8.91. The molecule has 6 nitrogen and oxygen atoms in total. The van der Waals surface area contributed by atoms with Gasteiger partial charge in [0.2, 0.25) is 0 Å². The molecular weight excluding hydrogens is 444 g/mol. The zero-order valence-corrected chi connectivity index (χ0v) is 19.7. The number of benzene rings is 2. The van der Waals surface area contributed by atoms with Crippen molar-refractivity contribution in [2.75, 3.05) is 24.6 Å². The van der Waals surface area contributed by atoms with Crippen LogP contribution in [0.15, 0.2) is 65.8 Å². The van der Waals surface area contributed by atoms with Crippen molar-refractivity contribution in [3.8, 4) is 0 Å². The first kappa shape index (κ1) is 23.9. The van der Waals surface area contributed by atoms with E-state index in [-0.39, 0.29) is 12.3 Å². The highest BCUT2D eigenvalue weighted by molar-refractivity contribution is 7.97. The summed E-state index contributed by atoms with van der Waals surface area (Å²) in [7, 11) is 1.80. The smallest absolute Gasteiger partial charge is 0.304 e. The van der Waals surface area contributed by atoms with Gasteiger partial charge in [0.15, 0.2) is 0 Å². The molecule has 0 bridgehead atoms. The average molecular weight is 471 g/mol.